The zero-order valence-corrected chi connectivity index (χ0v) is 11.1. The summed E-state index contributed by atoms with van der Waals surface area (Å²) in [5.74, 6) is 0. The number of nitrogens with one attached hydrogen (secondary N) is 1. The molecule has 0 saturated heterocycles. The molecule has 0 saturated carbocycles. The quantitative estimate of drug-likeness (QED) is 0.686. The number of benzene rings is 2. The molecule has 6 heteroatoms. The largest absolute Gasteiger partial charge is 0.380 e. The van der Waals surface area contributed by atoms with Crippen LogP contribution in [0.3, 0.4) is 0 Å². The molecule has 0 fully saturated rings. The highest BCUT2D eigenvalue weighted by molar-refractivity contribution is 6.32. The van der Waals surface area contributed by atoms with Crippen LogP contribution in [0.25, 0.3) is 0 Å². The molecule has 0 aliphatic carbocycles. The molecule has 0 amide bonds. The van der Waals surface area contributed by atoms with Crippen LogP contribution in [0.4, 0.5) is 11.4 Å². The number of nitro groups is 1. The van der Waals surface area contributed by atoms with E-state index < -0.39 is 4.92 Å². The van der Waals surface area contributed by atoms with Gasteiger partial charge >= 0.3 is 0 Å². The minimum atomic E-state index is -0.430. The SMILES string of the molecule is N#Cc1c(Cl)cccc1NCc1ccccc1[N+](=O)[O-]. The summed E-state index contributed by atoms with van der Waals surface area (Å²) in [6.45, 7) is 0.242. The number of anilines is 1. The van der Waals surface area contributed by atoms with Crippen molar-refractivity contribution in [3.8, 4) is 6.07 Å². The average molecular weight is 288 g/mol. The molecule has 0 atom stereocenters. The van der Waals surface area contributed by atoms with Crippen molar-refractivity contribution in [3.63, 3.8) is 0 Å². The van der Waals surface area contributed by atoms with E-state index in [9.17, 15) is 10.1 Å². The van der Waals surface area contributed by atoms with E-state index in [0.29, 0.717) is 21.8 Å². The molecule has 0 aliphatic rings. The zero-order valence-electron chi connectivity index (χ0n) is 10.3. The van der Waals surface area contributed by atoms with Gasteiger partial charge in [0.05, 0.1) is 21.2 Å². The monoisotopic (exact) mass is 287 g/mol. The Morgan fingerprint density at radius 3 is 2.70 bits per heavy atom. The Morgan fingerprint density at radius 1 is 1.25 bits per heavy atom. The van der Waals surface area contributed by atoms with E-state index in [2.05, 4.69) is 5.32 Å². The molecule has 100 valence electrons. The highest BCUT2D eigenvalue weighted by atomic mass is 35.5. The Labute approximate surface area is 120 Å². The lowest BCUT2D eigenvalue weighted by Gasteiger charge is -2.09. The topological polar surface area (TPSA) is 79.0 Å². The number of nitro benzene ring substituents is 1. The third-order valence-electron chi connectivity index (χ3n) is 2.78. The van der Waals surface area contributed by atoms with Crippen LogP contribution in [-0.4, -0.2) is 4.92 Å². The van der Waals surface area contributed by atoms with Gasteiger partial charge < -0.3 is 5.32 Å². The number of hydrogen-bond acceptors (Lipinski definition) is 4. The number of halogens is 1. The highest BCUT2D eigenvalue weighted by Gasteiger charge is 2.13. The van der Waals surface area contributed by atoms with Gasteiger partial charge in [-0.2, -0.15) is 5.26 Å². The van der Waals surface area contributed by atoms with Crippen molar-refractivity contribution >= 4 is 23.0 Å². The summed E-state index contributed by atoms with van der Waals surface area (Å²) in [6.07, 6.45) is 0. The lowest BCUT2D eigenvalue weighted by Crippen LogP contribution is -2.04. The van der Waals surface area contributed by atoms with E-state index in [1.54, 1.807) is 36.4 Å². The molecule has 0 aliphatic heterocycles. The van der Waals surface area contributed by atoms with Gasteiger partial charge in [0.2, 0.25) is 0 Å². The molecule has 2 rings (SSSR count). The Hall–Kier alpha value is -2.58. The summed E-state index contributed by atoms with van der Waals surface area (Å²) >= 11 is 5.92. The molecule has 20 heavy (non-hydrogen) atoms. The number of nitrogens with zero attached hydrogens (tertiary/aromatic N) is 2. The van der Waals surface area contributed by atoms with E-state index in [-0.39, 0.29) is 12.2 Å². The third kappa shape index (κ3) is 2.87. The lowest BCUT2D eigenvalue weighted by molar-refractivity contribution is -0.385. The number of rotatable bonds is 4. The molecule has 0 spiro atoms. The fraction of sp³-hybridized carbons (Fsp3) is 0.0714. The maximum atomic E-state index is 10.9. The fourth-order valence-corrected chi connectivity index (χ4v) is 2.03. The maximum Gasteiger partial charge on any atom is 0.274 e. The highest BCUT2D eigenvalue weighted by Crippen LogP contribution is 2.25. The summed E-state index contributed by atoms with van der Waals surface area (Å²) in [6, 6.07) is 13.5. The van der Waals surface area contributed by atoms with Crippen LogP contribution in [0.15, 0.2) is 42.5 Å². The average Bonchev–Trinajstić information content (AvgIpc) is 2.45. The molecule has 1 N–H and O–H groups in total. The van der Waals surface area contributed by atoms with Gasteiger partial charge in [0.15, 0.2) is 0 Å². The standard InChI is InChI=1S/C14H10ClN3O2/c15-12-5-3-6-13(11(12)8-16)17-9-10-4-1-2-7-14(10)18(19)20/h1-7,17H,9H2. The first kappa shape index (κ1) is 13.8. The number of nitriles is 1. The predicted molar refractivity (Wildman–Crippen MR) is 76.6 cm³/mol. The Morgan fingerprint density at radius 2 is 2.00 bits per heavy atom. The lowest BCUT2D eigenvalue weighted by atomic mass is 10.1. The van der Waals surface area contributed by atoms with Gasteiger partial charge in [-0.3, -0.25) is 10.1 Å². The van der Waals surface area contributed by atoms with Gasteiger partial charge in [0.25, 0.3) is 5.69 Å². The third-order valence-corrected chi connectivity index (χ3v) is 3.10. The van der Waals surface area contributed by atoms with Crippen LogP contribution >= 0.6 is 11.6 Å². The van der Waals surface area contributed by atoms with E-state index in [1.807, 2.05) is 6.07 Å². The van der Waals surface area contributed by atoms with Crippen LogP contribution in [0.5, 0.6) is 0 Å². The first-order valence-electron chi connectivity index (χ1n) is 5.78. The summed E-state index contributed by atoms with van der Waals surface area (Å²) in [5.41, 5.74) is 1.47. The molecule has 0 bridgehead atoms. The van der Waals surface area contributed by atoms with Gasteiger partial charge in [-0.25, -0.2) is 0 Å². The summed E-state index contributed by atoms with van der Waals surface area (Å²) in [7, 11) is 0. The Kier molecular flexibility index (Phi) is 4.18. The molecule has 0 unspecified atom stereocenters. The minimum absolute atomic E-state index is 0.0422. The van der Waals surface area contributed by atoms with Gasteiger partial charge in [-0.15, -0.1) is 0 Å². The van der Waals surface area contributed by atoms with Crippen LogP contribution < -0.4 is 5.32 Å². The number of hydrogen-bond donors (Lipinski definition) is 1. The first-order chi connectivity index (χ1) is 9.63. The van der Waals surface area contributed by atoms with Crippen molar-refractivity contribution < 1.29 is 4.92 Å². The maximum absolute atomic E-state index is 10.9. The van der Waals surface area contributed by atoms with Crippen molar-refractivity contribution in [1.82, 2.24) is 0 Å². The number of para-hydroxylation sites is 1. The normalized spacial score (nSPS) is 9.80. The van der Waals surface area contributed by atoms with Gasteiger partial charge in [-0.05, 0) is 12.1 Å². The molecule has 0 aromatic heterocycles. The molecule has 5 nitrogen and oxygen atoms in total. The molecule has 2 aromatic carbocycles. The van der Waals surface area contributed by atoms with Crippen molar-refractivity contribution in [2.24, 2.45) is 0 Å². The van der Waals surface area contributed by atoms with Gasteiger partial charge in [0.1, 0.15) is 6.07 Å². The Bertz CT molecular complexity index is 695. The molecule has 0 heterocycles. The molecule has 2 aromatic rings. The molecular formula is C14H10ClN3O2. The summed E-state index contributed by atoms with van der Waals surface area (Å²) in [5, 5.41) is 23.3. The van der Waals surface area contributed by atoms with Crippen LogP contribution in [0, 0.1) is 21.4 Å². The minimum Gasteiger partial charge on any atom is -0.380 e. The van der Waals surface area contributed by atoms with E-state index in [1.165, 1.54) is 6.07 Å². The smallest absolute Gasteiger partial charge is 0.274 e. The van der Waals surface area contributed by atoms with E-state index in [4.69, 9.17) is 16.9 Å². The molecular weight excluding hydrogens is 278 g/mol. The second-order valence-corrected chi connectivity index (χ2v) is 4.42. The summed E-state index contributed by atoms with van der Waals surface area (Å²) < 4.78 is 0. The van der Waals surface area contributed by atoms with Crippen molar-refractivity contribution in [2.75, 3.05) is 5.32 Å². The second-order valence-electron chi connectivity index (χ2n) is 4.01. The summed E-state index contributed by atoms with van der Waals surface area (Å²) in [4.78, 5) is 10.5. The van der Waals surface area contributed by atoms with Gasteiger partial charge in [-0.1, -0.05) is 35.9 Å². The first-order valence-corrected chi connectivity index (χ1v) is 6.16. The van der Waals surface area contributed by atoms with Crippen LogP contribution in [0.2, 0.25) is 5.02 Å². The van der Waals surface area contributed by atoms with Gasteiger partial charge in [0, 0.05) is 18.2 Å². The predicted octanol–water partition coefficient (Wildman–Crippen LogP) is 3.73. The Balaban J connectivity index is 2.24. The van der Waals surface area contributed by atoms with E-state index >= 15 is 0 Å². The second kappa shape index (κ2) is 6.04. The van der Waals surface area contributed by atoms with Crippen molar-refractivity contribution in [3.05, 3.63) is 68.7 Å². The zero-order chi connectivity index (χ0) is 14.5. The van der Waals surface area contributed by atoms with Crippen molar-refractivity contribution in [2.45, 2.75) is 6.54 Å². The van der Waals surface area contributed by atoms with E-state index in [0.717, 1.165) is 0 Å². The van der Waals surface area contributed by atoms with Crippen molar-refractivity contribution in [1.29, 1.82) is 5.26 Å². The molecule has 0 radical (unpaired) electrons. The fourth-order valence-electron chi connectivity index (χ4n) is 1.81. The van der Waals surface area contributed by atoms with Crippen LogP contribution in [0.1, 0.15) is 11.1 Å². The van der Waals surface area contributed by atoms with Crippen LogP contribution in [-0.2, 0) is 6.54 Å².